The van der Waals surface area contributed by atoms with Crippen molar-refractivity contribution in [2.45, 2.75) is 32.9 Å². The first-order chi connectivity index (χ1) is 9.81. The lowest BCUT2D eigenvalue weighted by molar-refractivity contribution is 0.398. The molecular formula is C16H23N3O. The van der Waals surface area contributed by atoms with E-state index in [9.17, 15) is 0 Å². The van der Waals surface area contributed by atoms with Crippen LogP contribution in [0.3, 0.4) is 0 Å². The molecule has 1 N–H and O–H groups in total. The number of hydrogen-bond donors (Lipinski definition) is 1. The lowest BCUT2D eigenvalue weighted by atomic mass is 10.0. The molecule has 0 aliphatic carbocycles. The van der Waals surface area contributed by atoms with Gasteiger partial charge >= 0.3 is 0 Å². The van der Waals surface area contributed by atoms with Gasteiger partial charge in [-0.2, -0.15) is 5.10 Å². The standard InChI is InChI=1S/C16H23N3O/c1-4-11-19-16(14(20-3)12-18-19)15(17-5-2)13-9-7-6-8-10-13/h6-10,12,15,17H,4-5,11H2,1-3H3. The summed E-state index contributed by atoms with van der Waals surface area (Å²) in [6.45, 7) is 6.05. The summed E-state index contributed by atoms with van der Waals surface area (Å²) in [7, 11) is 1.70. The molecule has 20 heavy (non-hydrogen) atoms. The Hall–Kier alpha value is -1.81. The number of aryl methyl sites for hydroxylation is 1. The average molecular weight is 273 g/mol. The van der Waals surface area contributed by atoms with Gasteiger partial charge in [-0.05, 0) is 18.5 Å². The van der Waals surface area contributed by atoms with E-state index in [0.717, 1.165) is 31.0 Å². The van der Waals surface area contributed by atoms with E-state index in [4.69, 9.17) is 4.74 Å². The summed E-state index contributed by atoms with van der Waals surface area (Å²) in [6, 6.07) is 10.5. The highest BCUT2D eigenvalue weighted by Crippen LogP contribution is 2.30. The molecule has 0 aliphatic rings. The maximum atomic E-state index is 5.50. The van der Waals surface area contributed by atoms with E-state index in [1.165, 1.54) is 5.56 Å². The molecule has 4 nitrogen and oxygen atoms in total. The van der Waals surface area contributed by atoms with Crippen LogP contribution in [-0.4, -0.2) is 23.4 Å². The summed E-state index contributed by atoms with van der Waals surface area (Å²) in [5.41, 5.74) is 2.33. The third kappa shape index (κ3) is 3.02. The van der Waals surface area contributed by atoms with E-state index >= 15 is 0 Å². The largest absolute Gasteiger partial charge is 0.493 e. The first-order valence-electron chi connectivity index (χ1n) is 7.19. The van der Waals surface area contributed by atoms with Crippen LogP contribution >= 0.6 is 0 Å². The molecule has 0 fully saturated rings. The van der Waals surface area contributed by atoms with Gasteiger partial charge in [0.05, 0.1) is 19.3 Å². The molecular weight excluding hydrogens is 250 g/mol. The second kappa shape index (κ2) is 7.10. The molecule has 0 saturated heterocycles. The number of methoxy groups -OCH3 is 1. The van der Waals surface area contributed by atoms with Crippen LogP contribution in [0.5, 0.6) is 5.75 Å². The predicted molar refractivity (Wildman–Crippen MR) is 81.0 cm³/mol. The summed E-state index contributed by atoms with van der Waals surface area (Å²) in [4.78, 5) is 0. The number of aromatic nitrogens is 2. The fourth-order valence-electron chi connectivity index (χ4n) is 2.44. The minimum Gasteiger partial charge on any atom is -0.493 e. The van der Waals surface area contributed by atoms with Crippen molar-refractivity contribution in [2.24, 2.45) is 0 Å². The summed E-state index contributed by atoms with van der Waals surface area (Å²) < 4.78 is 7.54. The van der Waals surface area contributed by atoms with Gasteiger partial charge in [0.2, 0.25) is 0 Å². The Morgan fingerprint density at radius 3 is 2.60 bits per heavy atom. The van der Waals surface area contributed by atoms with Crippen LogP contribution in [0.15, 0.2) is 36.5 Å². The minimum absolute atomic E-state index is 0.102. The summed E-state index contributed by atoms with van der Waals surface area (Å²) in [5, 5.41) is 7.99. The first kappa shape index (κ1) is 14.6. The monoisotopic (exact) mass is 273 g/mol. The minimum atomic E-state index is 0.102. The van der Waals surface area contributed by atoms with Crippen molar-refractivity contribution in [3.8, 4) is 5.75 Å². The lowest BCUT2D eigenvalue weighted by Crippen LogP contribution is -2.25. The third-order valence-corrected chi connectivity index (χ3v) is 3.31. The van der Waals surface area contributed by atoms with Crippen molar-refractivity contribution in [2.75, 3.05) is 13.7 Å². The molecule has 0 aliphatic heterocycles. The van der Waals surface area contributed by atoms with Crippen LogP contribution in [0.1, 0.15) is 37.6 Å². The van der Waals surface area contributed by atoms with Gasteiger partial charge in [0.25, 0.3) is 0 Å². The Balaban J connectivity index is 2.45. The highest BCUT2D eigenvalue weighted by Gasteiger charge is 2.22. The van der Waals surface area contributed by atoms with Gasteiger partial charge in [-0.3, -0.25) is 4.68 Å². The molecule has 2 rings (SSSR count). The quantitative estimate of drug-likeness (QED) is 0.843. The highest BCUT2D eigenvalue weighted by atomic mass is 16.5. The van der Waals surface area contributed by atoms with Gasteiger partial charge in [0.1, 0.15) is 5.69 Å². The molecule has 1 atom stereocenters. The van der Waals surface area contributed by atoms with Crippen LogP contribution in [0.25, 0.3) is 0 Å². The lowest BCUT2D eigenvalue weighted by Gasteiger charge is -2.21. The van der Waals surface area contributed by atoms with Crippen molar-refractivity contribution >= 4 is 0 Å². The molecule has 0 bridgehead atoms. The Kier molecular flexibility index (Phi) is 5.18. The number of hydrogen-bond acceptors (Lipinski definition) is 3. The van der Waals surface area contributed by atoms with E-state index in [-0.39, 0.29) is 6.04 Å². The summed E-state index contributed by atoms with van der Waals surface area (Å²) in [5.74, 6) is 0.841. The second-order valence-corrected chi connectivity index (χ2v) is 4.72. The van der Waals surface area contributed by atoms with Crippen LogP contribution in [0, 0.1) is 0 Å². The first-order valence-corrected chi connectivity index (χ1v) is 7.19. The highest BCUT2D eigenvalue weighted by molar-refractivity contribution is 5.36. The van der Waals surface area contributed by atoms with Gasteiger partial charge < -0.3 is 10.1 Å². The normalized spacial score (nSPS) is 12.3. The molecule has 1 aromatic heterocycles. The van der Waals surface area contributed by atoms with E-state index in [1.54, 1.807) is 13.3 Å². The number of rotatable bonds is 7. The second-order valence-electron chi connectivity index (χ2n) is 4.72. The SMILES string of the molecule is CCCn1ncc(OC)c1C(NCC)c1ccccc1. The number of nitrogens with one attached hydrogen (secondary N) is 1. The predicted octanol–water partition coefficient (Wildman–Crippen LogP) is 3.00. The zero-order valence-electron chi connectivity index (χ0n) is 12.5. The van der Waals surface area contributed by atoms with Crippen molar-refractivity contribution in [1.29, 1.82) is 0 Å². The number of ether oxygens (including phenoxy) is 1. The van der Waals surface area contributed by atoms with E-state index in [1.807, 2.05) is 10.7 Å². The van der Waals surface area contributed by atoms with Gasteiger partial charge in [-0.25, -0.2) is 0 Å². The fraction of sp³-hybridized carbons (Fsp3) is 0.438. The topological polar surface area (TPSA) is 39.1 Å². The molecule has 1 unspecified atom stereocenters. The summed E-state index contributed by atoms with van der Waals surface area (Å²) >= 11 is 0. The Labute approximate surface area is 120 Å². The molecule has 0 radical (unpaired) electrons. The van der Waals surface area contributed by atoms with Crippen molar-refractivity contribution < 1.29 is 4.74 Å². The van der Waals surface area contributed by atoms with E-state index in [0.29, 0.717) is 0 Å². The molecule has 0 spiro atoms. The van der Waals surface area contributed by atoms with Crippen LogP contribution in [0.4, 0.5) is 0 Å². The maximum absolute atomic E-state index is 5.50. The van der Waals surface area contributed by atoms with Gasteiger partial charge in [0.15, 0.2) is 5.75 Å². The summed E-state index contributed by atoms with van der Waals surface area (Å²) in [6.07, 6.45) is 2.85. The molecule has 0 amide bonds. The van der Waals surface area contributed by atoms with Crippen molar-refractivity contribution in [3.63, 3.8) is 0 Å². The molecule has 1 heterocycles. The van der Waals surface area contributed by atoms with Crippen LogP contribution in [0.2, 0.25) is 0 Å². The number of nitrogens with zero attached hydrogens (tertiary/aromatic N) is 2. The molecule has 4 heteroatoms. The average Bonchev–Trinajstić information content (AvgIpc) is 2.89. The molecule has 1 aromatic carbocycles. The Morgan fingerprint density at radius 2 is 2.00 bits per heavy atom. The van der Waals surface area contributed by atoms with Crippen molar-refractivity contribution in [1.82, 2.24) is 15.1 Å². The van der Waals surface area contributed by atoms with Crippen molar-refractivity contribution in [3.05, 3.63) is 47.8 Å². The molecule has 2 aromatic rings. The number of benzene rings is 1. The Bertz CT molecular complexity index is 522. The molecule has 0 saturated carbocycles. The maximum Gasteiger partial charge on any atom is 0.161 e. The smallest absolute Gasteiger partial charge is 0.161 e. The van der Waals surface area contributed by atoms with Crippen LogP contribution < -0.4 is 10.1 Å². The third-order valence-electron chi connectivity index (χ3n) is 3.31. The van der Waals surface area contributed by atoms with E-state index < -0.39 is 0 Å². The fourth-order valence-corrected chi connectivity index (χ4v) is 2.44. The molecule has 108 valence electrons. The zero-order chi connectivity index (χ0) is 14.4. The van der Waals surface area contributed by atoms with Gasteiger partial charge in [0, 0.05) is 6.54 Å². The zero-order valence-corrected chi connectivity index (χ0v) is 12.5. The Morgan fingerprint density at radius 1 is 1.25 bits per heavy atom. The van der Waals surface area contributed by atoms with Gasteiger partial charge in [-0.15, -0.1) is 0 Å². The van der Waals surface area contributed by atoms with Crippen LogP contribution in [-0.2, 0) is 6.54 Å². The van der Waals surface area contributed by atoms with E-state index in [2.05, 4.69) is 48.5 Å². The van der Waals surface area contributed by atoms with Gasteiger partial charge in [-0.1, -0.05) is 44.2 Å².